The molecule has 0 aliphatic heterocycles. The van der Waals surface area contributed by atoms with Crippen LogP contribution in [0.3, 0.4) is 0 Å². The van der Waals surface area contributed by atoms with Crippen molar-refractivity contribution in [1.29, 1.82) is 0 Å². The molecule has 0 saturated heterocycles. The van der Waals surface area contributed by atoms with Gasteiger partial charge >= 0.3 is 0 Å². The highest BCUT2D eigenvalue weighted by atomic mass is 16.3. The number of aliphatic hydroxyl groups is 1. The number of carbonyl (C=O) groups is 2. The van der Waals surface area contributed by atoms with Crippen LogP contribution in [0, 0.1) is 34.5 Å². The zero-order valence-electron chi connectivity index (χ0n) is 17.5. The van der Waals surface area contributed by atoms with E-state index in [0.29, 0.717) is 11.8 Å². The zero-order valence-corrected chi connectivity index (χ0v) is 17.5. The Balaban J connectivity index is 1.74. The van der Waals surface area contributed by atoms with Crippen molar-refractivity contribution in [3.63, 3.8) is 0 Å². The molecular weight excluding hydrogens is 352 g/mol. The Morgan fingerprint density at radius 2 is 1.86 bits per heavy atom. The molecule has 5 heteroatoms. The van der Waals surface area contributed by atoms with Crippen LogP contribution in [0.2, 0.25) is 0 Å². The second kappa shape index (κ2) is 6.45. The highest BCUT2D eigenvalue weighted by Crippen LogP contribution is 2.65. The van der Waals surface area contributed by atoms with E-state index in [2.05, 4.69) is 42.7 Å². The zero-order chi connectivity index (χ0) is 20.3. The van der Waals surface area contributed by atoms with Gasteiger partial charge in [-0.15, -0.1) is 0 Å². The summed E-state index contributed by atoms with van der Waals surface area (Å²) in [6, 6.07) is 0.112. The molecule has 0 heterocycles. The monoisotopic (exact) mass is 386 g/mol. The Hall–Kier alpha value is -1.62. The molecule has 28 heavy (non-hydrogen) atoms. The van der Waals surface area contributed by atoms with Gasteiger partial charge in [0, 0.05) is 25.3 Å². The molecular formula is C23H34N2O3. The molecule has 4 rings (SSSR count). The fraction of sp³-hybridized carbons (Fsp3) is 0.739. The van der Waals surface area contributed by atoms with Gasteiger partial charge in [-0.1, -0.05) is 32.1 Å². The maximum atomic E-state index is 12.0. The Labute approximate surface area is 168 Å². The first kappa shape index (κ1) is 19.7. The van der Waals surface area contributed by atoms with Gasteiger partial charge in [-0.2, -0.15) is 0 Å². The van der Waals surface area contributed by atoms with Crippen LogP contribution in [-0.2, 0) is 9.59 Å². The molecule has 0 aromatic heterocycles. The minimum absolute atomic E-state index is 0.0186. The van der Waals surface area contributed by atoms with E-state index in [1.807, 2.05) is 0 Å². The molecule has 4 aliphatic carbocycles. The van der Waals surface area contributed by atoms with Crippen LogP contribution >= 0.6 is 0 Å². The Kier molecular flexibility index (Phi) is 4.53. The van der Waals surface area contributed by atoms with Gasteiger partial charge in [-0.25, -0.2) is 0 Å². The van der Waals surface area contributed by atoms with Crippen molar-refractivity contribution in [1.82, 2.24) is 10.6 Å². The first-order valence-corrected chi connectivity index (χ1v) is 10.8. The lowest BCUT2D eigenvalue weighted by atomic mass is 9.44. The number of nitrogens with one attached hydrogen (secondary N) is 2. The average Bonchev–Trinajstić information content (AvgIpc) is 2.85. The predicted octanol–water partition coefficient (Wildman–Crippen LogP) is 2.91. The molecule has 5 nitrogen and oxygen atoms in total. The second-order valence-electron chi connectivity index (χ2n) is 10.1. The van der Waals surface area contributed by atoms with Crippen molar-refractivity contribution in [3.05, 3.63) is 24.3 Å². The third-order valence-electron chi connectivity index (χ3n) is 8.60. The average molecular weight is 387 g/mol. The van der Waals surface area contributed by atoms with Crippen molar-refractivity contribution in [2.24, 2.45) is 34.5 Å². The van der Waals surface area contributed by atoms with Crippen molar-refractivity contribution in [2.75, 3.05) is 0 Å². The van der Waals surface area contributed by atoms with Gasteiger partial charge in [-0.05, 0) is 67.3 Å². The van der Waals surface area contributed by atoms with E-state index in [4.69, 9.17) is 0 Å². The lowest BCUT2D eigenvalue weighted by Crippen LogP contribution is -2.65. The van der Waals surface area contributed by atoms with Crippen LogP contribution in [0.4, 0.5) is 0 Å². The number of fused-ring (bicyclic) bond motifs is 5. The minimum atomic E-state index is -1.32. The first-order chi connectivity index (χ1) is 13.1. The number of carbonyl (C=O) groups excluding carboxylic acids is 2. The molecule has 2 amide bonds. The standard InChI is InChI=1S/C23H34N2O3/c1-14(26)24-19-13-16-7-5-6-10-21(16,3)17-8-11-22(4)18(20(17)19)9-12-23(22,28)25-15(2)27/h6,9-10,12,16-20,28H,5,7-8,11,13H2,1-4H3,(H,24,26)(H,25,27)/t16?,17-,18+,19?,20-,21+,22+,23?/m1/s1. The summed E-state index contributed by atoms with van der Waals surface area (Å²) in [6.07, 6.45) is 13.8. The number of allylic oxidation sites excluding steroid dienone is 3. The highest BCUT2D eigenvalue weighted by molar-refractivity contribution is 5.74. The summed E-state index contributed by atoms with van der Waals surface area (Å²) >= 11 is 0. The molecule has 0 radical (unpaired) electrons. The van der Waals surface area contributed by atoms with Crippen LogP contribution in [0.15, 0.2) is 24.3 Å². The molecule has 154 valence electrons. The molecule has 3 N–H and O–H groups in total. The number of rotatable bonds is 2. The summed E-state index contributed by atoms with van der Waals surface area (Å²) < 4.78 is 0. The van der Waals surface area contributed by atoms with Crippen LogP contribution in [-0.4, -0.2) is 28.7 Å². The summed E-state index contributed by atoms with van der Waals surface area (Å²) in [7, 11) is 0. The van der Waals surface area contributed by atoms with Crippen molar-refractivity contribution < 1.29 is 14.7 Å². The van der Waals surface area contributed by atoms with Gasteiger partial charge in [0.1, 0.15) is 0 Å². The van der Waals surface area contributed by atoms with Crippen LogP contribution < -0.4 is 10.6 Å². The van der Waals surface area contributed by atoms with E-state index in [0.717, 1.165) is 25.7 Å². The Morgan fingerprint density at radius 1 is 1.11 bits per heavy atom. The molecule has 4 aliphatic rings. The van der Waals surface area contributed by atoms with Crippen LogP contribution in [0.1, 0.15) is 59.8 Å². The second-order valence-corrected chi connectivity index (χ2v) is 10.1. The molecule has 0 aromatic rings. The Morgan fingerprint density at radius 3 is 2.54 bits per heavy atom. The first-order valence-electron chi connectivity index (χ1n) is 10.8. The van der Waals surface area contributed by atoms with Crippen LogP contribution in [0.5, 0.6) is 0 Å². The normalized spacial score (nSPS) is 49.0. The predicted molar refractivity (Wildman–Crippen MR) is 108 cm³/mol. The smallest absolute Gasteiger partial charge is 0.219 e. The van der Waals surface area contributed by atoms with Crippen molar-refractivity contribution >= 4 is 11.8 Å². The number of amides is 2. The van der Waals surface area contributed by atoms with Crippen molar-refractivity contribution in [3.8, 4) is 0 Å². The molecule has 0 aromatic carbocycles. The molecule has 2 saturated carbocycles. The molecule has 2 fully saturated rings. The summed E-state index contributed by atoms with van der Waals surface area (Å²) in [4.78, 5) is 23.8. The molecule has 8 atom stereocenters. The van der Waals surface area contributed by atoms with E-state index in [-0.39, 0.29) is 35.1 Å². The quantitative estimate of drug-likeness (QED) is 0.504. The third kappa shape index (κ3) is 2.69. The summed E-state index contributed by atoms with van der Waals surface area (Å²) in [5.74, 6) is 1.21. The summed E-state index contributed by atoms with van der Waals surface area (Å²) in [6.45, 7) is 7.55. The van der Waals surface area contributed by atoms with Gasteiger partial charge < -0.3 is 15.7 Å². The van der Waals surface area contributed by atoms with Crippen LogP contribution in [0.25, 0.3) is 0 Å². The summed E-state index contributed by atoms with van der Waals surface area (Å²) in [5, 5.41) is 17.4. The maximum absolute atomic E-state index is 12.0. The van der Waals surface area contributed by atoms with E-state index in [1.165, 1.54) is 13.3 Å². The number of hydrogen-bond acceptors (Lipinski definition) is 3. The third-order valence-corrected chi connectivity index (χ3v) is 8.60. The highest BCUT2D eigenvalue weighted by Gasteiger charge is 2.64. The molecule has 3 unspecified atom stereocenters. The van der Waals surface area contributed by atoms with E-state index < -0.39 is 11.1 Å². The molecule has 0 spiro atoms. The van der Waals surface area contributed by atoms with Gasteiger partial charge in [0.15, 0.2) is 5.72 Å². The topological polar surface area (TPSA) is 78.4 Å². The SMILES string of the molecule is CC(=O)NC1CC2CCC=C[C@]2(C)[C@@H]2CC[C@@]3(C)[C@@H](C=CC3(O)NC(C)=O)[C@H]12. The van der Waals surface area contributed by atoms with E-state index in [1.54, 1.807) is 13.0 Å². The molecule has 0 bridgehead atoms. The number of hydrogen-bond donors (Lipinski definition) is 3. The minimum Gasteiger partial charge on any atom is -0.367 e. The van der Waals surface area contributed by atoms with Gasteiger partial charge in [0.05, 0.1) is 0 Å². The van der Waals surface area contributed by atoms with E-state index >= 15 is 0 Å². The lowest BCUT2D eigenvalue weighted by molar-refractivity contribution is -0.157. The maximum Gasteiger partial charge on any atom is 0.219 e. The van der Waals surface area contributed by atoms with Crippen molar-refractivity contribution in [2.45, 2.75) is 71.6 Å². The van der Waals surface area contributed by atoms with E-state index in [9.17, 15) is 14.7 Å². The van der Waals surface area contributed by atoms with Gasteiger partial charge in [0.25, 0.3) is 0 Å². The fourth-order valence-electron chi connectivity index (χ4n) is 7.18. The Bertz CT molecular complexity index is 746. The largest absolute Gasteiger partial charge is 0.367 e. The fourth-order valence-corrected chi connectivity index (χ4v) is 7.18. The van der Waals surface area contributed by atoms with Gasteiger partial charge in [0.2, 0.25) is 11.8 Å². The van der Waals surface area contributed by atoms with Gasteiger partial charge in [-0.3, -0.25) is 9.59 Å². The lowest BCUT2D eigenvalue weighted by Gasteiger charge is -2.62. The summed E-state index contributed by atoms with van der Waals surface area (Å²) in [5.41, 5.74) is -1.64.